The molecular weight excluding hydrogens is 366 g/mol. The molecule has 9 heteroatoms. The molecule has 0 spiro atoms. The van der Waals surface area contributed by atoms with Gasteiger partial charge in [0.05, 0.1) is 18.3 Å². The highest BCUT2D eigenvalue weighted by Crippen LogP contribution is 2.34. The molecule has 1 aliphatic rings. The van der Waals surface area contributed by atoms with Crippen molar-refractivity contribution in [2.75, 3.05) is 11.5 Å². The lowest BCUT2D eigenvalue weighted by Gasteiger charge is -2.35. The Morgan fingerprint density at radius 2 is 1.86 bits per heavy atom. The van der Waals surface area contributed by atoms with Crippen LogP contribution in [0.1, 0.15) is 58.3 Å². The molecule has 0 aromatic carbocycles. The highest BCUT2D eigenvalue weighted by atomic mass is 16.5. The van der Waals surface area contributed by atoms with Crippen molar-refractivity contribution in [2.24, 2.45) is 10.8 Å². The Morgan fingerprint density at radius 3 is 2.32 bits per heavy atom. The van der Waals surface area contributed by atoms with Crippen molar-refractivity contribution in [3.63, 3.8) is 0 Å². The van der Waals surface area contributed by atoms with Gasteiger partial charge < -0.3 is 19.9 Å². The number of nitrogens with one attached hydrogen (secondary N) is 1. The average molecular weight is 395 g/mol. The third-order valence-corrected chi connectivity index (χ3v) is 4.43. The number of aromatic amines is 1. The molecule has 1 amide bonds. The molecule has 3 atom stereocenters. The number of nitrogens with zero attached hydrogens (tertiary/aromatic N) is 2. The first-order valence-electron chi connectivity index (χ1n) is 9.20. The first-order chi connectivity index (χ1) is 12.8. The van der Waals surface area contributed by atoms with Crippen LogP contribution in [0.3, 0.4) is 0 Å². The number of aromatic nitrogens is 2. The Hall–Kier alpha value is -2.10. The van der Waals surface area contributed by atoms with Crippen molar-refractivity contribution < 1.29 is 24.5 Å². The number of amides is 1. The fourth-order valence-corrected chi connectivity index (χ4v) is 2.92. The number of H-pyrrole nitrogens is 1. The summed E-state index contributed by atoms with van der Waals surface area (Å²) in [6, 6.07) is 0. The van der Waals surface area contributed by atoms with Crippen LogP contribution in [0.25, 0.3) is 0 Å². The number of ether oxygens (including phenoxy) is 1. The van der Waals surface area contributed by atoms with Crippen LogP contribution in [-0.4, -0.2) is 56.9 Å². The predicted molar refractivity (Wildman–Crippen MR) is 102 cm³/mol. The third-order valence-electron chi connectivity index (χ3n) is 4.43. The molecule has 0 saturated carbocycles. The van der Waals surface area contributed by atoms with Gasteiger partial charge in [0.15, 0.2) is 17.8 Å². The van der Waals surface area contributed by atoms with Crippen molar-refractivity contribution >= 4 is 17.5 Å². The number of anilines is 1. The van der Waals surface area contributed by atoms with Gasteiger partial charge in [-0.2, -0.15) is 4.98 Å². The van der Waals surface area contributed by atoms with E-state index in [9.17, 15) is 24.6 Å². The summed E-state index contributed by atoms with van der Waals surface area (Å²) in [4.78, 5) is 45.5. The van der Waals surface area contributed by atoms with Gasteiger partial charge in [-0.15, -0.1) is 0 Å². The molecule has 3 N–H and O–H groups in total. The summed E-state index contributed by atoms with van der Waals surface area (Å²) in [6.45, 7) is 9.82. The molecule has 2 heterocycles. The molecule has 1 aliphatic heterocycles. The van der Waals surface area contributed by atoms with Crippen LogP contribution < -0.4 is 10.6 Å². The fourth-order valence-electron chi connectivity index (χ4n) is 2.92. The monoisotopic (exact) mass is 395 g/mol. The number of aliphatic hydroxyl groups is 2. The Balaban J connectivity index is 2.68. The smallest absolute Gasteiger partial charge is 0.346 e. The Labute approximate surface area is 163 Å². The second-order valence-corrected chi connectivity index (χ2v) is 9.08. The Morgan fingerprint density at radius 1 is 1.25 bits per heavy atom. The summed E-state index contributed by atoms with van der Waals surface area (Å²) in [7, 11) is 0. The second kappa shape index (κ2) is 7.73. The normalized spacial score (nSPS) is 22.9. The number of hydrogen-bond acceptors (Lipinski definition) is 7. The van der Waals surface area contributed by atoms with Crippen LogP contribution in [0.2, 0.25) is 0 Å². The van der Waals surface area contributed by atoms with Gasteiger partial charge in [0, 0.05) is 23.4 Å². The van der Waals surface area contributed by atoms with Crippen molar-refractivity contribution in [3.8, 4) is 0 Å². The molecule has 0 radical (unpaired) electrons. The molecule has 28 heavy (non-hydrogen) atoms. The molecule has 156 valence electrons. The van der Waals surface area contributed by atoms with Crippen LogP contribution in [0.15, 0.2) is 11.0 Å². The summed E-state index contributed by atoms with van der Waals surface area (Å²) in [6.07, 6.45) is -1.61. The summed E-state index contributed by atoms with van der Waals surface area (Å²) in [5, 5.41) is 19.8. The molecule has 2 rings (SSSR count). The van der Waals surface area contributed by atoms with E-state index in [0.717, 1.165) is 4.90 Å². The zero-order chi connectivity index (χ0) is 21.4. The van der Waals surface area contributed by atoms with Crippen LogP contribution >= 0.6 is 0 Å². The van der Waals surface area contributed by atoms with Crippen molar-refractivity contribution in [3.05, 3.63) is 22.2 Å². The van der Waals surface area contributed by atoms with Crippen molar-refractivity contribution in [1.82, 2.24) is 9.97 Å². The van der Waals surface area contributed by atoms with Crippen LogP contribution in [-0.2, 0) is 9.53 Å². The third kappa shape index (κ3) is 4.48. The van der Waals surface area contributed by atoms with Crippen LogP contribution in [0, 0.1) is 10.8 Å². The Bertz CT molecular complexity index is 805. The minimum Gasteiger partial charge on any atom is -0.394 e. The fraction of sp³-hybridized carbons (Fsp3) is 0.684. The van der Waals surface area contributed by atoms with E-state index in [0.29, 0.717) is 0 Å². The first-order valence-corrected chi connectivity index (χ1v) is 9.20. The molecule has 9 nitrogen and oxygen atoms in total. The molecule has 1 saturated heterocycles. The van der Waals surface area contributed by atoms with Gasteiger partial charge in [0.1, 0.15) is 6.10 Å². The molecule has 1 aromatic heterocycles. The van der Waals surface area contributed by atoms with E-state index in [1.807, 2.05) is 0 Å². The van der Waals surface area contributed by atoms with E-state index < -0.39 is 40.9 Å². The second-order valence-electron chi connectivity index (χ2n) is 9.08. The lowest BCUT2D eigenvalue weighted by Crippen LogP contribution is -2.51. The number of rotatable bonds is 4. The van der Waals surface area contributed by atoms with E-state index in [1.54, 1.807) is 41.5 Å². The van der Waals surface area contributed by atoms with E-state index in [-0.39, 0.29) is 30.2 Å². The van der Waals surface area contributed by atoms with E-state index >= 15 is 0 Å². The van der Waals surface area contributed by atoms with Gasteiger partial charge in [-0.05, 0) is 0 Å². The number of ketones is 1. The summed E-state index contributed by atoms with van der Waals surface area (Å²) in [5.41, 5.74) is -2.40. The first kappa shape index (κ1) is 22.2. The number of hydrogen-bond donors (Lipinski definition) is 3. The lowest BCUT2D eigenvalue weighted by atomic mass is 9.86. The van der Waals surface area contributed by atoms with Gasteiger partial charge in [-0.3, -0.25) is 14.5 Å². The molecule has 1 fully saturated rings. The predicted octanol–water partition coefficient (Wildman–Crippen LogP) is 0.846. The minimum absolute atomic E-state index is 0.0490. The zero-order valence-corrected chi connectivity index (χ0v) is 17.1. The summed E-state index contributed by atoms with van der Waals surface area (Å²) >= 11 is 0. The van der Waals surface area contributed by atoms with Crippen molar-refractivity contribution in [2.45, 2.75) is 66.4 Å². The van der Waals surface area contributed by atoms with Gasteiger partial charge >= 0.3 is 5.69 Å². The van der Waals surface area contributed by atoms with E-state index in [1.165, 1.54) is 6.20 Å². The standard InChI is InChI=1S/C19H29N3O6/c1-18(2,3)13(25)11-8-20-17(27)21-14(11)22(16(26)19(4,5)6)15-12(24)7-10(9-23)28-15/h8,10,12,15,23-24H,7,9H2,1-6H3,(H,20,21,27)/t10-,12-,15+/m0/s1. The van der Waals surface area contributed by atoms with Crippen LogP contribution in [0.4, 0.5) is 5.82 Å². The van der Waals surface area contributed by atoms with Gasteiger partial charge in [-0.25, -0.2) is 4.79 Å². The number of Topliss-reactive ketones (excluding diaryl/α,β-unsaturated/α-hetero) is 1. The number of aliphatic hydroxyl groups excluding tert-OH is 2. The SMILES string of the molecule is CC(C)(C)C(=O)c1c[nH]c(=O)nc1N(C(=O)C(C)(C)C)[C@@H]1O[C@H](CO)C[C@@H]1O. The maximum atomic E-state index is 13.2. The number of carbonyl (C=O) groups is 2. The average Bonchev–Trinajstić information content (AvgIpc) is 2.94. The molecule has 1 aromatic rings. The topological polar surface area (TPSA) is 133 Å². The van der Waals surface area contributed by atoms with Gasteiger partial charge in [0.2, 0.25) is 5.91 Å². The summed E-state index contributed by atoms with van der Waals surface area (Å²) < 4.78 is 5.66. The van der Waals surface area contributed by atoms with E-state index in [2.05, 4.69) is 9.97 Å². The maximum absolute atomic E-state index is 13.2. The highest BCUT2D eigenvalue weighted by molar-refractivity contribution is 6.07. The van der Waals surface area contributed by atoms with E-state index in [4.69, 9.17) is 4.74 Å². The van der Waals surface area contributed by atoms with Gasteiger partial charge in [-0.1, -0.05) is 41.5 Å². The summed E-state index contributed by atoms with van der Waals surface area (Å²) in [5.74, 6) is -0.966. The Kier molecular flexibility index (Phi) is 6.13. The number of carbonyl (C=O) groups excluding carboxylic acids is 2. The van der Waals surface area contributed by atoms with Crippen molar-refractivity contribution in [1.29, 1.82) is 0 Å². The minimum atomic E-state index is -1.18. The molecule has 0 aliphatic carbocycles. The molecule has 0 unspecified atom stereocenters. The maximum Gasteiger partial charge on any atom is 0.346 e. The largest absolute Gasteiger partial charge is 0.394 e. The molecular formula is C19H29N3O6. The zero-order valence-electron chi connectivity index (χ0n) is 17.1. The lowest BCUT2D eigenvalue weighted by molar-refractivity contribution is -0.130. The van der Waals surface area contributed by atoms with Gasteiger partial charge in [0.25, 0.3) is 0 Å². The van der Waals surface area contributed by atoms with Crippen LogP contribution in [0.5, 0.6) is 0 Å². The molecule has 0 bridgehead atoms. The quantitative estimate of drug-likeness (QED) is 0.644. The highest BCUT2D eigenvalue weighted by Gasteiger charge is 2.45.